The number of carboxylic acid groups (broad SMARTS) is 1. The molecular weight excluding hydrogens is 358 g/mol. The number of carbonyl (C=O) groups excluding carboxylic acids is 2. The van der Waals surface area contributed by atoms with Crippen LogP contribution in [0.25, 0.3) is 0 Å². The Balaban J connectivity index is 2.61. The SMILES string of the molecule is CC(C)(C)OC(=O)N1CCN(C(=O)NCCSC(C)(C)C)C(C(=O)O)C1. The number of carboxylic acids is 1. The van der Waals surface area contributed by atoms with Crippen LogP contribution >= 0.6 is 11.8 Å². The summed E-state index contributed by atoms with van der Waals surface area (Å²) in [6.07, 6.45) is -0.564. The fourth-order valence-corrected chi connectivity index (χ4v) is 3.16. The molecule has 1 fully saturated rings. The van der Waals surface area contributed by atoms with Crippen molar-refractivity contribution in [3.63, 3.8) is 0 Å². The number of hydrogen-bond acceptors (Lipinski definition) is 5. The number of rotatable bonds is 4. The molecule has 26 heavy (non-hydrogen) atoms. The van der Waals surface area contributed by atoms with Gasteiger partial charge in [-0.15, -0.1) is 0 Å². The monoisotopic (exact) mass is 389 g/mol. The summed E-state index contributed by atoms with van der Waals surface area (Å²) in [4.78, 5) is 38.7. The maximum atomic E-state index is 12.4. The fraction of sp³-hybridized carbons (Fsp3) is 0.824. The Morgan fingerprint density at radius 3 is 2.27 bits per heavy atom. The van der Waals surface area contributed by atoms with Gasteiger partial charge in [0.25, 0.3) is 0 Å². The van der Waals surface area contributed by atoms with Gasteiger partial charge in [-0.1, -0.05) is 20.8 Å². The minimum atomic E-state index is -1.14. The molecule has 8 nitrogen and oxygen atoms in total. The molecule has 1 aliphatic rings. The van der Waals surface area contributed by atoms with Crippen LogP contribution in [0, 0.1) is 0 Å². The number of ether oxygens (including phenoxy) is 1. The number of piperazine rings is 1. The zero-order valence-corrected chi connectivity index (χ0v) is 17.3. The van der Waals surface area contributed by atoms with Gasteiger partial charge in [0.1, 0.15) is 11.6 Å². The van der Waals surface area contributed by atoms with Crippen LogP contribution in [0.1, 0.15) is 41.5 Å². The standard InChI is InChI=1S/C17H31N3O5S/c1-16(2,3)25-15(24)19-8-9-20(12(11-19)13(21)22)14(23)18-7-10-26-17(4,5)6/h12H,7-11H2,1-6H3,(H,18,23)(H,21,22). The van der Waals surface area contributed by atoms with Gasteiger partial charge >= 0.3 is 18.1 Å². The van der Waals surface area contributed by atoms with Crippen molar-refractivity contribution in [3.8, 4) is 0 Å². The number of amides is 3. The van der Waals surface area contributed by atoms with Gasteiger partial charge in [0.15, 0.2) is 0 Å². The summed E-state index contributed by atoms with van der Waals surface area (Å²) in [7, 11) is 0. The summed E-state index contributed by atoms with van der Waals surface area (Å²) >= 11 is 1.72. The molecule has 1 unspecified atom stereocenters. The van der Waals surface area contributed by atoms with Gasteiger partial charge in [0.2, 0.25) is 0 Å². The first-order chi connectivity index (χ1) is 11.8. The van der Waals surface area contributed by atoms with Crippen molar-refractivity contribution in [2.24, 2.45) is 0 Å². The third kappa shape index (κ3) is 7.72. The van der Waals surface area contributed by atoms with E-state index >= 15 is 0 Å². The number of nitrogens with one attached hydrogen (secondary N) is 1. The van der Waals surface area contributed by atoms with Gasteiger partial charge in [-0.05, 0) is 20.8 Å². The fourth-order valence-electron chi connectivity index (χ4n) is 2.35. The summed E-state index contributed by atoms with van der Waals surface area (Å²) in [5.74, 6) is -0.400. The lowest BCUT2D eigenvalue weighted by Gasteiger charge is -2.39. The van der Waals surface area contributed by atoms with Crippen LogP contribution in [-0.2, 0) is 9.53 Å². The van der Waals surface area contributed by atoms with Crippen LogP contribution in [-0.4, -0.2) is 81.3 Å². The molecule has 2 N–H and O–H groups in total. The minimum absolute atomic E-state index is 0.0889. The molecule has 0 aromatic heterocycles. The van der Waals surface area contributed by atoms with Gasteiger partial charge in [-0.2, -0.15) is 11.8 Å². The van der Waals surface area contributed by atoms with Crippen LogP contribution < -0.4 is 5.32 Å². The van der Waals surface area contributed by atoms with Crippen molar-refractivity contribution < 1.29 is 24.2 Å². The Morgan fingerprint density at radius 2 is 1.77 bits per heavy atom. The Kier molecular flexibility index (Phi) is 7.61. The average molecular weight is 390 g/mol. The molecule has 1 atom stereocenters. The molecule has 0 aliphatic carbocycles. The van der Waals surface area contributed by atoms with Crippen molar-refractivity contribution in [1.29, 1.82) is 0 Å². The molecular formula is C17H31N3O5S. The van der Waals surface area contributed by atoms with E-state index in [4.69, 9.17) is 4.74 Å². The van der Waals surface area contributed by atoms with Crippen LogP contribution in [0.3, 0.4) is 0 Å². The largest absolute Gasteiger partial charge is 0.480 e. The highest BCUT2D eigenvalue weighted by molar-refractivity contribution is 8.00. The summed E-state index contributed by atoms with van der Waals surface area (Å²) in [5, 5.41) is 12.2. The predicted molar refractivity (Wildman–Crippen MR) is 102 cm³/mol. The lowest BCUT2D eigenvalue weighted by molar-refractivity contribution is -0.144. The molecule has 3 amide bonds. The topological polar surface area (TPSA) is 99.2 Å². The highest BCUT2D eigenvalue weighted by Crippen LogP contribution is 2.22. The van der Waals surface area contributed by atoms with Crippen LogP contribution in [0.5, 0.6) is 0 Å². The molecule has 0 bridgehead atoms. The molecule has 0 radical (unpaired) electrons. The smallest absolute Gasteiger partial charge is 0.410 e. The van der Waals surface area contributed by atoms with Gasteiger partial charge in [0.05, 0.1) is 6.54 Å². The third-order valence-corrected chi connectivity index (χ3v) is 4.77. The van der Waals surface area contributed by atoms with Crippen LogP contribution in [0.2, 0.25) is 0 Å². The van der Waals surface area contributed by atoms with Crippen LogP contribution in [0.4, 0.5) is 9.59 Å². The molecule has 0 aromatic rings. The summed E-state index contributed by atoms with van der Waals surface area (Å²) in [6.45, 7) is 12.3. The van der Waals surface area contributed by atoms with Gasteiger partial charge in [-0.25, -0.2) is 14.4 Å². The molecule has 0 saturated carbocycles. The molecule has 1 heterocycles. The molecule has 1 rings (SSSR count). The molecule has 1 saturated heterocycles. The molecule has 1 aliphatic heterocycles. The summed E-state index contributed by atoms with van der Waals surface area (Å²) < 4.78 is 5.39. The summed E-state index contributed by atoms with van der Waals surface area (Å²) in [6, 6.07) is -1.51. The zero-order chi connectivity index (χ0) is 20.1. The predicted octanol–water partition coefficient (Wildman–Crippen LogP) is 2.23. The first-order valence-corrected chi connectivity index (χ1v) is 9.68. The number of aliphatic carboxylic acids is 1. The second-order valence-corrected chi connectivity index (χ2v) is 10.1. The Morgan fingerprint density at radius 1 is 1.15 bits per heavy atom. The van der Waals surface area contributed by atoms with Crippen molar-refractivity contribution in [3.05, 3.63) is 0 Å². The van der Waals surface area contributed by atoms with E-state index in [0.717, 1.165) is 5.75 Å². The number of urea groups is 1. The number of carbonyl (C=O) groups is 3. The lowest BCUT2D eigenvalue weighted by atomic mass is 10.1. The van der Waals surface area contributed by atoms with Gasteiger partial charge in [-0.3, -0.25) is 0 Å². The van der Waals surface area contributed by atoms with Gasteiger partial charge < -0.3 is 25.0 Å². The number of nitrogens with zero attached hydrogens (tertiary/aromatic N) is 2. The van der Waals surface area contributed by atoms with Crippen molar-refractivity contribution >= 4 is 29.9 Å². The maximum absolute atomic E-state index is 12.4. The Hall–Kier alpha value is -1.64. The second-order valence-electron chi connectivity index (χ2n) is 8.17. The molecule has 150 valence electrons. The summed E-state index contributed by atoms with van der Waals surface area (Å²) in [5.41, 5.74) is -0.658. The highest BCUT2D eigenvalue weighted by Gasteiger charge is 2.38. The van der Waals surface area contributed by atoms with E-state index in [1.54, 1.807) is 32.5 Å². The number of thioether (sulfide) groups is 1. The average Bonchev–Trinajstić information content (AvgIpc) is 2.48. The van der Waals surface area contributed by atoms with E-state index in [0.29, 0.717) is 6.54 Å². The van der Waals surface area contributed by atoms with Gasteiger partial charge in [0, 0.05) is 30.1 Å². The quantitative estimate of drug-likeness (QED) is 0.716. The van der Waals surface area contributed by atoms with E-state index < -0.39 is 29.7 Å². The van der Waals surface area contributed by atoms with Crippen molar-refractivity contribution in [1.82, 2.24) is 15.1 Å². The van der Waals surface area contributed by atoms with E-state index in [-0.39, 0.29) is 24.4 Å². The van der Waals surface area contributed by atoms with E-state index in [1.165, 1.54) is 9.80 Å². The number of hydrogen-bond donors (Lipinski definition) is 2. The van der Waals surface area contributed by atoms with Crippen molar-refractivity contribution in [2.45, 2.75) is 57.9 Å². The molecule has 0 spiro atoms. The lowest BCUT2D eigenvalue weighted by Crippen LogP contribution is -2.61. The van der Waals surface area contributed by atoms with E-state index in [9.17, 15) is 19.5 Å². The third-order valence-electron chi connectivity index (χ3n) is 3.49. The first kappa shape index (κ1) is 22.4. The van der Waals surface area contributed by atoms with E-state index in [1.807, 2.05) is 0 Å². The van der Waals surface area contributed by atoms with Crippen LogP contribution in [0.15, 0.2) is 0 Å². The molecule has 9 heteroatoms. The normalized spacial score (nSPS) is 18.5. The highest BCUT2D eigenvalue weighted by atomic mass is 32.2. The van der Waals surface area contributed by atoms with E-state index in [2.05, 4.69) is 26.1 Å². The first-order valence-electron chi connectivity index (χ1n) is 8.69. The zero-order valence-electron chi connectivity index (χ0n) is 16.5. The molecule has 0 aromatic carbocycles. The second kappa shape index (κ2) is 8.83. The van der Waals surface area contributed by atoms with Crippen molar-refractivity contribution in [2.75, 3.05) is 31.9 Å². The Bertz CT molecular complexity index is 527. The Labute approximate surface area is 159 Å². The minimum Gasteiger partial charge on any atom is -0.480 e. The maximum Gasteiger partial charge on any atom is 0.410 e.